The number of imidazole rings is 1. The number of benzene rings is 1. The maximum atomic E-state index is 13.0. The monoisotopic (exact) mass is 370 g/mol. The van der Waals surface area contributed by atoms with Crippen molar-refractivity contribution in [2.75, 3.05) is 6.61 Å². The number of rotatable bonds is 5. The topological polar surface area (TPSA) is 88.1 Å². The smallest absolute Gasteiger partial charge is 0.337 e. The molecule has 0 aliphatic heterocycles. The first-order valence-corrected chi connectivity index (χ1v) is 8.87. The Morgan fingerprint density at radius 1 is 1.22 bits per heavy atom. The van der Waals surface area contributed by atoms with Crippen LogP contribution in [0.2, 0.25) is 0 Å². The van der Waals surface area contributed by atoms with Crippen LogP contribution in [0.1, 0.15) is 32.4 Å². The lowest BCUT2D eigenvalue weighted by Crippen LogP contribution is -2.40. The van der Waals surface area contributed by atoms with Gasteiger partial charge in [0, 0.05) is 6.54 Å². The number of aromatic nitrogens is 4. The van der Waals surface area contributed by atoms with Crippen LogP contribution in [0.3, 0.4) is 0 Å². The second-order valence-electron chi connectivity index (χ2n) is 6.21. The van der Waals surface area contributed by atoms with Crippen LogP contribution >= 0.6 is 0 Å². The number of para-hydroxylation sites is 1. The molecule has 0 radical (unpaired) electrons. The highest BCUT2D eigenvalue weighted by Crippen LogP contribution is 2.19. The predicted molar refractivity (Wildman–Crippen MR) is 101 cm³/mol. The van der Waals surface area contributed by atoms with Crippen LogP contribution in [-0.4, -0.2) is 31.3 Å². The van der Waals surface area contributed by atoms with E-state index >= 15 is 0 Å². The summed E-state index contributed by atoms with van der Waals surface area (Å²) in [4.78, 5) is 42.4. The van der Waals surface area contributed by atoms with E-state index < -0.39 is 23.3 Å². The molecule has 2 aromatic heterocycles. The van der Waals surface area contributed by atoms with E-state index in [1.165, 1.54) is 15.5 Å². The summed E-state index contributed by atoms with van der Waals surface area (Å²) in [6.07, 6.45) is 1.40. The Morgan fingerprint density at radius 2 is 1.93 bits per heavy atom. The third-order valence-electron chi connectivity index (χ3n) is 4.57. The van der Waals surface area contributed by atoms with Crippen molar-refractivity contribution in [1.82, 2.24) is 18.7 Å². The molecule has 0 bridgehead atoms. The van der Waals surface area contributed by atoms with E-state index in [1.807, 2.05) is 25.1 Å². The van der Waals surface area contributed by atoms with Gasteiger partial charge in [0.05, 0.1) is 18.6 Å². The molecular weight excluding hydrogens is 348 g/mol. The standard InChI is InChI=1S/C19H22N4O4/c1-5-21-17(24)15-16(20-11-22(15)13(4)18(25)27-6-2)23(19(21)26)14-10-8-7-9-12(14)3/h7-11,13H,5-6H2,1-4H3/t13-/m0/s1. The molecule has 0 saturated carbocycles. The minimum Gasteiger partial charge on any atom is -0.464 e. The maximum absolute atomic E-state index is 13.0. The zero-order chi connectivity index (χ0) is 19.7. The summed E-state index contributed by atoms with van der Waals surface area (Å²) in [5, 5.41) is 0. The number of ether oxygens (including phenoxy) is 1. The van der Waals surface area contributed by atoms with Crippen LogP contribution < -0.4 is 11.2 Å². The SMILES string of the molecule is CCOC(=O)[C@H](C)n1cnc2c1c(=O)n(CC)c(=O)n2-c1ccccc1C. The van der Waals surface area contributed by atoms with Gasteiger partial charge in [0.25, 0.3) is 5.56 Å². The number of hydrogen-bond acceptors (Lipinski definition) is 5. The number of carbonyl (C=O) groups is 1. The van der Waals surface area contributed by atoms with Crippen LogP contribution in [0.15, 0.2) is 40.2 Å². The van der Waals surface area contributed by atoms with Gasteiger partial charge < -0.3 is 9.30 Å². The lowest BCUT2D eigenvalue weighted by atomic mass is 10.2. The molecule has 2 heterocycles. The predicted octanol–water partition coefficient (Wildman–Crippen LogP) is 1.80. The van der Waals surface area contributed by atoms with Gasteiger partial charge in [-0.15, -0.1) is 0 Å². The third-order valence-corrected chi connectivity index (χ3v) is 4.57. The number of hydrogen-bond donors (Lipinski definition) is 0. The normalized spacial score (nSPS) is 12.3. The largest absolute Gasteiger partial charge is 0.464 e. The van der Waals surface area contributed by atoms with Gasteiger partial charge in [0.2, 0.25) is 0 Å². The summed E-state index contributed by atoms with van der Waals surface area (Å²) in [5.74, 6) is -0.465. The Bertz CT molecular complexity index is 1120. The molecule has 0 amide bonds. The van der Waals surface area contributed by atoms with Crippen LogP contribution in [-0.2, 0) is 16.1 Å². The van der Waals surface area contributed by atoms with Gasteiger partial charge in [-0.25, -0.2) is 19.1 Å². The first-order chi connectivity index (χ1) is 12.9. The number of fused-ring (bicyclic) bond motifs is 1. The van der Waals surface area contributed by atoms with E-state index in [-0.39, 0.29) is 24.3 Å². The summed E-state index contributed by atoms with van der Waals surface area (Å²) in [5.41, 5.74) is 0.994. The molecule has 0 fully saturated rings. The van der Waals surface area contributed by atoms with Gasteiger partial charge in [0.1, 0.15) is 6.04 Å². The molecule has 0 unspecified atom stereocenters. The lowest BCUT2D eigenvalue weighted by molar-refractivity contribution is -0.146. The van der Waals surface area contributed by atoms with Crippen molar-refractivity contribution in [2.24, 2.45) is 0 Å². The summed E-state index contributed by atoms with van der Waals surface area (Å²) in [6.45, 7) is 7.41. The van der Waals surface area contributed by atoms with Crippen molar-refractivity contribution < 1.29 is 9.53 Å². The van der Waals surface area contributed by atoms with E-state index in [0.717, 1.165) is 10.1 Å². The van der Waals surface area contributed by atoms with Gasteiger partial charge in [-0.3, -0.25) is 9.36 Å². The van der Waals surface area contributed by atoms with E-state index in [1.54, 1.807) is 26.8 Å². The molecule has 27 heavy (non-hydrogen) atoms. The average Bonchev–Trinajstić information content (AvgIpc) is 3.08. The fraction of sp³-hybridized carbons (Fsp3) is 0.368. The Morgan fingerprint density at radius 3 is 2.56 bits per heavy atom. The molecule has 8 nitrogen and oxygen atoms in total. The summed E-state index contributed by atoms with van der Waals surface area (Å²) in [6, 6.07) is 6.64. The van der Waals surface area contributed by atoms with E-state index in [9.17, 15) is 14.4 Å². The fourth-order valence-electron chi connectivity index (χ4n) is 3.13. The van der Waals surface area contributed by atoms with Crippen molar-refractivity contribution in [2.45, 2.75) is 40.3 Å². The number of esters is 1. The molecule has 0 aliphatic carbocycles. The Labute approximate surface area is 155 Å². The molecule has 1 aromatic carbocycles. The van der Waals surface area contributed by atoms with Crippen LogP contribution in [0.4, 0.5) is 0 Å². The van der Waals surface area contributed by atoms with E-state index in [0.29, 0.717) is 5.69 Å². The van der Waals surface area contributed by atoms with Crippen molar-refractivity contribution >= 4 is 17.1 Å². The highest BCUT2D eigenvalue weighted by molar-refractivity contribution is 5.79. The molecule has 8 heteroatoms. The summed E-state index contributed by atoms with van der Waals surface area (Å²) in [7, 11) is 0. The summed E-state index contributed by atoms with van der Waals surface area (Å²) < 4.78 is 9.10. The first-order valence-electron chi connectivity index (χ1n) is 8.87. The first kappa shape index (κ1) is 18.6. The zero-order valence-electron chi connectivity index (χ0n) is 15.8. The quantitative estimate of drug-likeness (QED) is 0.639. The van der Waals surface area contributed by atoms with Crippen molar-refractivity contribution in [3.8, 4) is 5.69 Å². The zero-order valence-corrected chi connectivity index (χ0v) is 15.8. The van der Waals surface area contributed by atoms with Crippen LogP contribution in [0, 0.1) is 6.92 Å². The van der Waals surface area contributed by atoms with Crippen molar-refractivity contribution in [3.05, 3.63) is 57.0 Å². The minimum atomic E-state index is -0.740. The molecule has 0 spiro atoms. The molecular formula is C19H22N4O4. The van der Waals surface area contributed by atoms with Gasteiger partial charge in [-0.05, 0) is 39.3 Å². The molecule has 142 valence electrons. The Kier molecular flexibility index (Phi) is 4.98. The minimum absolute atomic E-state index is 0.195. The second kappa shape index (κ2) is 7.22. The number of aryl methyl sites for hydroxylation is 1. The van der Waals surface area contributed by atoms with Crippen LogP contribution in [0.25, 0.3) is 16.9 Å². The van der Waals surface area contributed by atoms with E-state index in [4.69, 9.17) is 4.74 Å². The average molecular weight is 370 g/mol. The molecule has 3 aromatic rings. The fourth-order valence-corrected chi connectivity index (χ4v) is 3.13. The van der Waals surface area contributed by atoms with Crippen molar-refractivity contribution in [1.29, 1.82) is 0 Å². The number of nitrogens with zero attached hydrogens (tertiary/aromatic N) is 4. The summed E-state index contributed by atoms with van der Waals surface area (Å²) >= 11 is 0. The van der Waals surface area contributed by atoms with Gasteiger partial charge >= 0.3 is 11.7 Å². The highest BCUT2D eigenvalue weighted by Gasteiger charge is 2.24. The molecule has 1 atom stereocenters. The van der Waals surface area contributed by atoms with Gasteiger partial charge in [-0.1, -0.05) is 18.2 Å². The molecule has 0 aliphatic rings. The Balaban J connectivity index is 2.39. The van der Waals surface area contributed by atoms with E-state index in [2.05, 4.69) is 4.98 Å². The third kappa shape index (κ3) is 2.97. The highest BCUT2D eigenvalue weighted by atomic mass is 16.5. The maximum Gasteiger partial charge on any atom is 0.337 e. The van der Waals surface area contributed by atoms with Crippen LogP contribution in [0.5, 0.6) is 0 Å². The molecule has 0 saturated heterocycles. The lowest BCUT2D eigenvalue weighted by Gasteiger charge is -2.15. The molecule has 3 rings (SSSR count). The van der Waals surface area contributed by atoms with Gasteiger partial charge in [-0.2, -0.15) is 0 Å². The molecule has 0 N–H and O–H groups in total. The van der Waals surface area contributed by atoms with Gasteiger partial charge in [0.15, 0.2) is 11.2 Å². The van der Waals surface area contributed by atoms with Crippen molar-refractivity contribution in [3.63, 3.8) is 0 Å². The second-order valence-corrected chi connectivity index (χ2v) is 6.21. The Hall–Kier alpha value is -3.16. The number of carbonyl (C=O) groups excluding carboxylic acids is 1.